The quantitative estimate of drug-likeness (QED) is 0.798. The molecule has 1 N–H and O–H groups in total. The maximum atomic E-state index is 13.7. The molecule has 1 aliphatic carbocycles. The van der Waals surface area contributed by atoms with E-state index in [0.717, 1.165) is 24.5 Å². The van der Waals surface area contributed by atoms with E-state index in [0.29, 0.717) is 12.8 Å². The second kappa shape index (κ2) is 5.64. The molecule has 0 bridgehead atoms. The molecule has 9 heteroatoms. The first-order chi connectivity index (χ1) is 9.63. The number of hydrogen-bond acceptors (Lipinski definition) is 5. The summed E-state index contributed by atoms with van der Waals surface area (Å²) in [5.74, 6) is -0.988. The van der Waals surface area contributed by atoms with Gasteiger partial charge in [-0.15, -0.1) is 0 Å². The van der Waals surface area contributed by atoms with Crippen molar-refractivity contribution in [3.8, 4) is 0 Å². The fraction of sp³-hybridized carbons (Fsp3) is 0.500. The highest BCUT2D eigenvalue weighted by Crippen LogP contribution is 2.26. The topological polar surface area (TPSA) is 89.5 Å². The molecule has 0 aliphatic heterocycles. The van der Waals surface area contributed by atoms with Gasteiger partial charge in [-0.2, -0.15) is 0 Å². The highest BCUT2D eigenvalue weighted by atomic mass is 32.2. The molecular weight excluding hydrogens is 321 g/mol. The SMILES string of the molecule is COC1CC(NS(=O)(=O)c2cc(S(C)(=O)=O)ccc2F)C1. The molecule has 1 aromatic carbocycles. The normalized spacial score (nSPS) is 22.8. The van der Waals surface area contributed by atoms with Crippen LogP contribution in [0.5, 0.6) is 0 Å². The number of halogens is 1. The fourth-order valence-electron chi connectivity index (χ4n) is 2.06. The molecule has 1 fully saturated rings. The number of rotatable bonds is 5. The predicted octanol–water partition coefficient (Wildman–Crippen LogP) is 0.685. The van der Waals surface area contributed by atoms with Gasteiger partial charge in [0.2, 0.25) is 10.0 Å². The molecule has 21 heavy (non-hydrogen) atoms. The molecule has 0 atom stereocenters. The smallest absolute Gasteiger partial charge is 0.243 e. The average molecular weight is 337 g/mol. The summed E-state index contributed by atoms with van der Waals surface area (Å²) in [5, 5.41) is 0. The lowest BCUT2D eigenvalue weighted by Gasteiger charge is -2.34. The van der Waals surface area contributed by atoms with Crippen LogP contribution in [0.2, 0.25) is 0 Å². The number of methoxy groups -OCH3 is 1. The van der Waals surface area contributed by atoms with Crippen molar-refractivity contribution >= 4 is 19.9 Å². The van der Waals surface area contributed by atoms with Gasteiger partial charge in [0.15, 0.2) is 9.84 Å². The lowest BCUT2D eigenvalue weighted by Crippen LogP contribution is -2.47. The van der Waals surface area contributed by atoms with Crippen molar-refractivity contribution in [3.63, 3.8) is 0 Å². The van der Waals surface area contributed by atoms with Gasteiger partial charge in [-0.3, -0.25) is 0 Å². The van der Waals surface area contributed by atoms with Crippen molar-refractivity contribution in [2.75, 3.05) is 13.4 Å². The molecule has 0 aromatic heterocycles. The first-order valence-corrected chi connectivity index (χ1v) is 9.55. The third-order valence-electron chi connectivity index (χ3n) is 3.37. The van der Waals surface area contributed by atoms with Gasteiger partial charge in [0, 0.05) is 19.4 Å². The van der Waals surface area contributed by atoms with Gasteiger partial charge in [0.1, 0.15) is 10.7 Å². The molecule has 0 heterocycles. The van der Waals surface area contributed by atoms with Crippen LogP contribution in [0.3, 0.4) is 0 Å². The van der Waals surface area contributed by atoms with Gasteiger partial charge in [0.25, 0.3) is 0 Å². The number of benzene rings is 1. The summed E-state index contributed by atoms with van der Waals surface area (Å²) in [6, 6.07) is 2.37. The largest absolute Gasteiger partial charge is 0.381 e. The summed E-state index contributed by atoms with van der Waals surface area (Å²) in [4.78, 5) is -0.904. The summed E-state index contributed by atoms with van der Waals surface area (Å²) in [5.41, 5.74) is 0. The van der Waals surface area contributed by atoms with Crippen molar-refractivity contribution in [2.24, 2.45) is 0 Å². The van der Waals surface area contributed by atoms with Gasteiger partial charge < -0.3 is 4.74 Å². The van der Waals surface area contributed by atoms with Crippen LogP contribution in [0.4, 0.5) is 4.39 Å². The molecule has 1 saturated carbocycles. The van der Waals surface area contributed by atoms with Crippen LogP contribution in [-0.4, -0.2) is 42.3 Å². The maximum Gasteiger partial charge on any atom is 0.243 e. The fourth-order valence-corrected chi connectivity index (χ4v) is 4.14. The predicted molar refractivity (Wildman–Crippen MR) is 73.7 cm³/mol. The molecule has 0 saturated heterocycles. The highest BCUT2D eigenvalue weighted by molar-refractivity contribution is 7.91. The lowest BCUT2D eigenvalue weighted by atomic mass is 9.90. The maximum absolute atomic E-state index is 13.7. The van der Waals surface area contributed by atoms with Crippen molar-refractivity contribution in [2.45, 2.75) is 34.8 Å². The van der Waals surface area contributed by atoms with Crippen LogP contribution in [-0.2, 0) is 24.6 Å². The average Bonchev–Trinajstić information content (AvgIpc) is 2.32. The molecule has 1 aromatic rings. The Bertz CT molecular complexity index is 739. The summed E-state index contributed by atoms with van der Waals surface area (Å²) >= 11 is 0. The minimum Gasteiger partial charge on any atom is -0.381 e. The first kappa shape index (κ1) is 16.3. The number of hydrogen-bond donors (Lipinski definition) is 1. The lowest BCUT2D eigenvalue weighted by molar-refractivity contribution is 0.0236. The third-order valence-corrected chi connectivity index (χ3v) is 6.02. The molecule has 1 aliphatic rings. The van der Waals surface area contributed by atoms with E-state index < -0.39 is 30.6 Å². The highest BCUT2D eigenvalue weighted by Gasteiger charge is 2.33. The molecule has 0 spiro atoms. The van der Waals surface area contributed by atoms with Crippen LogP contribution < -0.4 is 4.72 Å². The summed E-state index contributed by atoms with van der Waals surface area (Å²) in [6.45, 7) is 0. The molecule has 6 nitrogen and oxygen atoms in total. The van der Waals surface area contributed by atoms with Crippen LogP contribution in [0, 0.1) is 5.82 Å². The summed E-state index contributed by atoms with van der Waals surface area (Å²) < 4.78 is 68.3. The Labute approximate surface area is 123 Å². The second-order valence-electron chi connectivity index (χ2n) is 5.01. The molecular formula is C12H16FNO5S2. The molecule has 2 rings (SSSR count). The minimum absolute atomic E-state index is 0.00935. The Kier molecular flexibility index (Phi) is 4.39. The van der Waals surface area contributed by atoms with Crippen LogP contribution >= 0.6 is 0 Å². The standard InChI is InChI=1S/C12H16FNO5S2/c1-19-9-5-8(6-9)14-21(17,18)12-7-10(20(2,15)16)3-4-11(12)13/h3-4,7-9,14H,5-6H2,1-2H3. The Morgan fingerprint density at radius 3 is 2.38 bits per heavy atom. The van der Waals surface area contributed by atoms with Crippen molar-refractivity contribution in [1.29, 1.82) is 0 Å². The van der Waals surface area contributed by atoms with E-state index in [-0.39, 0.29) is 17.0 Å². The van der Waals surface area contributed by atoms with Gasteiger partial charge >= 0.3 is 0 Å². The van der Waals surface area contributed by atoms with Gasteiger partial charge in [-0.1, -0.05) is 0 Å². The van der Waals surface area contributed by atoms with Crippen molar-refractivity contribution in [1.82, 2.24) is 4.72 Å². The van der Waals surface area contributed by atoms with E-state index in [1.165, 1.54) is 7.11 Å². The van der Waals surface area contributed by atoms with Gasteiger partial charge in [0.05, 0.1) is 11.0 Å². The van der Waals surface area contributed by atoms with E-state index >= 15 is 0 Å². The summed E-state index contributed by atoms with van der Waals surface area (Å²) in [6.07, 6.45) is 1.93. The Hall–Kier alpha value is -1.03. The Morgan fingerprint density at radius 2 is 1.86 bits per heavy atom. The van der Waals surface area contributed by atoms with E-state index in [1.54, 1.807) is 0 Å². The zero-order valence-corrected chi connectivity index (χ0v) is 13.2. The Balaban J connectivity index is 2.28. The zero-order valence-electron chi connectivity index (χ0n) is 11.5. The van der Waals surface area contributed by atoms with E-state index in [2.05, 4.69) is 4.72 Å². The van der Waals surface area contributed by atoms with Crippen LogP contribution in [0.1, 0.15) is 12.8 Å². The number of nitrogens with one attached hydrogen (secondary N) is 1. The monoisotopic (exact) mass is 337 g/mol. The van der Waals surface area contributed by atoms with Crippen LogP contribution in [0.15, 0.2) is 28.0 Å². The molecule has 0 unspecified atom stereocenters. The minimum atomic E-state index is -4.11. The van der Waals surface area contributed by atoms with Gasteiger partial charge in [-0.25, -0.2) is 25.9 Å². The molecule has 118 valence electrons. The van der Waals surface area contributed by atoms with Gasteiger partial charge in [-0.05, 0) is 31.0 Å². The second-order valence-corrected chi connectivity index (χ2v) is 8.71. The van der Waals surface area contributed by atoms with Crippen molar-refractivity contribution < 1.29 is 26.0 Å². The third kappa shape index (κ3) is 3.60. The first-order valence-electron chi connectivity index (χ1n) is 6.18. The van der Waals surface area contributed by atoms with E-state index in [9.17, 15) is 21.2 Å². The van der Waals surface area contributed by atoms with E-state index in [4.69, 9.17) is 4.74 Å². The van der Waals surface area contributed by atoms with Crippen molar-refractivity contribution in [3.05, 3.63) is 24.0 Å². The van der Waals surface area contributed by atoms with Crippen LogP contribution in [0.25, 0.3) is 0 Å². The molecule has 0 amide bonds. The number of sulfonamides is 1. The number of sulfone groups is 1. The summed E-state index contributed by atoms with van der Waals surface area (Å²) in [7, 11) is -6.19. The zero-order chi connectivity index (χ0) is 15.8. The van der Waals surface area contributed by atoms with E-state index in [1.807, 2.05) is 0 Å². The number of ether oxygens (including phenoxy) is 1. The molecule has 0 radical (unpaired) electrons. The Morgan fingerprint density at radius 1 is 1.24 bits per heavy atom.